The van der Waals surface area contributed by atoms with Crippen molar-refractivity contribution < 1.29 is 10.2 Å². The molecule has 2 aliphatic rings. The number of hydrogen-bond donors (Lipinski definition) is 2. The van der Waals surface area contributed by atoms with Crippen LogP contribution in [-0.4, -0.2) is 45.7 Å². The molecule has 4 heteroatoms. The van der Waals surface area contributed by atoms with Crippen molar-refractivity contribution in [3.8, 4) is 0 Å². The third kappa shape index (κ3) is 1.78. The van der Waals surface area contributed by atoms with Gasteiger partial charge < -0.3 is 15.1 Å². The van der Waals surface area contributed by atoms with Gasteiger partial charge in [-0.25, -0.2) is 0 Å². The lowest BCUT2D eigenvalue weighted by atomic mass is 9.99. The van der Waals surface area contributed by atoms with E-state index in [4.69, 9.17) is 0 Å². The van der Waals surface area contributed by atoms with Gasteiger partial charge >= 0.3 is 0 Å². The van der Waals surface area contributed by atoms with E-state index < -0.39 is 12.2 Å². The van der Waals surface area contributed by atoms with E-state index in [1.165, 1.54) is 5.03 Å². The third-order valence-corrected chi connectivity index (χ3v) is 4.12. The molecule has 2 fully saturated rings. The fraction of sp³-hybridized carbons (Fsp3) is 0.800. The van der Waals surface area contributed by atoms with Crippen molar-refractivity contribution in [2.45, 2.75) is 38.0 Å². The second kappa shape index (κ2) is 4.13. The molecule has 0 radical (unpaired) electrons. The Morgan fingerprint density at radius 2 is 2.29 bits per heavy atom. The van der Waals surface area contributed by atoms with E-state index in [1.807, 2.05) is 11.8 Å². The summed E-state index contributed by atoms with van der Waals surface area (Å²) in [6.45, 7) is 2.71. The van der Waals surface area contributed by atoms with Gasteiger partial charge in [0.15, 0.2) is 0 Å². The van der Waals surface area contributed by atoms with Crippen LogP contribution >= 0.6 is 11.8 Å². The second-order valence-electron chi connectivity index (χ2n) is 3.94. The van der Waals surface area contributed by atoms with Gasteiger partial charge in [0.05, 0.1) is 17.2 Å². The molecule has 0 saturated carbocycles. The SMILES string of the molecule is CCC=C1SCC2CC(O)C(O)CN12. The van der Waals surface area contributed by atoms with Gasteiger partial charge in [0, 0.05) is 18.3 Å². The van der Waals surface area contributed by atoms with Gasteiger partial charge in [0.25, 0.3) is 0 Å². The minimum absolute atomic E-state index is 0.427. The fourth-order valence-corrected chi connectivity index (χ4v) is 3.43. The molecule has 3 nitrogen and oxygen atoms in total. The van der Waals surface area contributed by atoms with Crippen molar-refractivity contribution in [1.82, 2.24) is 4.90 Å². The molecule has 80 valence electrons. The molecule has 0 spiro atoms. The molecule has 2 aliphatic heterocycles. The zero-order chi connectivity index (χ0) is 10.1. The molecule has 0 bridgehead atoms. The summed E-state index contributed by atoms with van der Waals surface area (Å²) >= 11 is 1.84. The van der Waals surface area contributed by atoms with Crippen molar-refractivity contribution in [1.29, 1.82) is 0 Å². The van der Waals surface area contributed by atoms with E-state index in [9.17, 15) is 10.2 Å². The normalized spacial score (nSPS) is 40.4. The van der Waals surface area contributed by atoms with Crippen LogP contribution in [0.3, 0.4) is 0 Å². The number of allylic oxidation sites excluding steroid dienone is 1. The van der Waals surface area contributed by atoms with Crippen molar-refractivity contribution in [3.63, 3.8) is 0 Å². The highest BCUT2D eigenvalue weighted by Crippen LogP contribution is 2.37. The van der Waals surface area contributed by atoms with Gasteiger partial charge in [-0.3, -0.25) is 0 Å². The third-order valence-electron chi connectivity index (χ3n) is 2.87. The molecule has 3 unspecified atom stereocenters. The molecule has 0 amide bonds. The quantitative estimate of drug-likeness (QED) is 0.678. The molecule has 0 aromatic carbocycles. The lowest BCUT2D eigenvalue weighted by molar-refractivity contribution is -0.0421. The first kappa shape index (κ1) is 10.3. The summed E-state index contributed by atoms with van der Waals surface area (Å²) in [6, 6.07) is 0.427. The van der Waals surface area contributed by atoms with E-state index in [0.717, 1.165) is 12.2 Å². The van der Waals surface area contributed by atoms with Crippen molar-refractivity contribution in [2.75, 3.05) is 12.3 Å². The number of thioether (sulfide) groups is 1. The highest BCUT2D eigenvalue weighted by molar-refractivity contribution is 8.03. The lowest BCUT2D eigenvalue weighted by Gasteiger charge is -2.37. The van der Waals surface area contributed by atoms with Crippen LogP contribution in [-0.2, 0) is 0 Å². The first-order valence-electron chi connectivity index (χ1n) is 5.18. The van der Waals surface area contributed by atoms with Crippen LogP contribution in [0.1, 0.15) is 19.8 Å². The Kier molecular flexibility index (Phi) is 3.04. The van der Waals surface area contributed by atoms with Crippen LogP contribution in [0.4, 0.5) is 0 Å². The fourth-order valence-electron chi connectivity index (χ4n) is 2.08. The average molecular weight is 215 g/mol. The second-order valence-corrected chi connectivity index (χ2v) is 4.98. The monoisotopic (exact) mass is 215 g/mol. The van der Waals surface area contributed by atoms with Crippen LogP contribution in [0.5, 0.6) is 0 Å². The van der Waals surface area contributed by atoms with Gasteiger partial charge in [-0.1, -0.05) is 13.0 Å². The van der Waals surface area contributed by atoms with Crippen molar-refractivity contribution >= 4 is 11.8 Å². The molecule has 0 aromatic heterocycles. The van der Waals surface area contributed by atoms with Crippen LogP contribution in [0, 0.1) is 0 Å². The molecule has 2 N–H and O–H groups in total. The van der Waals surface area contributed by atoms with E-state index >= 15 is 0 Å². The maximum absolute atomic E-state index is 9.58. The predicted octanol–water partition coefficient (Wildman–Crippen LogP) is 0.781. The molecule has 0 aromatic rings. The van der Waals surface area contributed by atoms with Crippen LogP contribution in [0.2, 0.25) is 0 Å². The molecule has 2 heterocycles. The number of aliphatic hydroxyl groups is 2. The standard InChI is InChI=1S/C10H17NO2S/c1-2-3-10-11-5-9(13)8(12)4-7(11)6-14-10/h3,7-9,12-13H,2,4-6H2,1H3. The summed E-state index contributed by atoms with van der Waals surface area (Å²) in [5.74, 6) is 1.05. The van der Waals surface area contributed by atoms with E-state index in [1.54, 1.807) is 0 Å². The molecule has 3 atom stereocenters. The Labute approximate surface area is 88.8 Å². The zero-order valence-corrected chi connectivity index (χ0v) is 9.20. The summed E-state index contributed by atoms with van der Waals surface area (Å²) in [5, 5.41) is 20.4. The van der Waals surface area contributed by atoms with Crippen LogP contribution in [0.25, 0.3) is 0 Å². The summed E-state index contributed by atoms with van der Waals surface area (Å²) < 4.78 is 0. The first-order valence-corrected chi connectivity index (χ1v) is 6.16. The Hall–Kier alpha value is -0.190. The van der Waals surface area contributed by atoms with Gasteiger partial charge in [-0.15, -0.1) is 11.8 Å². The van der Waals surface area contributed by atoms with Gasteiger partial charge in [0.1, 0.15) is 0 Å². The van der Waals surface area contributed by atoms with Crippen LogP contribution in [0.15, 0.2) is 11.1 Å². The van der Waals surface area contributed by atoms with Gasteiger partial charge in [0.2, 0.25) is 0 Å². The zero-order valence-electron chi connectivity index (χ0n) is 8.39. The minimum Gasteiger partial charge on any atom is -0.390 e. The summed E-state index contributed by atoms with van der Waals surface area (Å²) in [4.78, 5) is 2.24. The van der Waals surface area contributed by atoms with Crippen molar-refractivity contribution in [2.24, 2.45) is 0 Å². The highest BCUT2D eigenvalue weighted by atomic mass is 32.2. The summed E-state index contributed by atoms with van der Waals surface area (Å²) in [7, 11) is 0. The molecular weight excluding hydrogens is 198 g/mol. The molecule has 14 heavy (non-hydrogen) atoms. The Morgan fingerprint density at radius 1 is 1.50 bits per heavy atom. The van der Waals surface area contributed by atoms with Crippen LogP contribution < -0.4 is 0 Å². The molecule has 2 rings (SSSR count). The Morgan fingerprint density at radius 3 is 3.00 bits per heavy atom. The van der Waals surface area contributed by atoms with E-state index in [-0.39, 0.29) is 0 Å². The minimum atomic E-state index is -0.579. The van der Waals surface area contributed by atoms with Crippen molar-refractivity contribution in [3.05, 3.63) is 11.1 Å². The van der Waals surface area contributed by atoms with E-state index in [0.29, 0.717) is 19.0 Å². The molecule has 0 aliphatic carbocycles. The number of fused-ring (bicyclic) bond motifs is 1. The Bertz CT molecular complexity index is 244. The maximum Gasteiger partial charge on any atom is 0.0974 e. The smallest absolute Gasteiger partial charge is 0.0974 e. The number of rotatable bonds is 1. The lowest BCUT2D eigenvalue weighted by Crippen LogP contribution is -2.49. The van der Waals surface area contributed by atoms with E-state index in [2.05, 4.69) is 17.9 Å². The summed E-state index contributed by atoms with van der Waals surface area (Å²) in [6.07, 6.45) is 2.83. The van der Waals surface area contributed by atoms with Gasteiger partial charge in [-0.05, 0) is 12.8 Å². The number of hydrogen-bond acceptors (Lipinski definition) is 4. The Balaban J connectivity index is 2.08. The molecule has 2 saturated heterocycles. The molecular formula is C10H17NO2S. The maximum atomic E-state index is 9.58. The number of aliphatic hydroxyl groups excluding tert-OH is 2. The topological polar surface area (TPSA) is 43.7 Å². The number of piperidine rings is 1. The number of nitrogens with zero attached hydrogens (tertiary/aromatic N) is 1. The van der Waals surface area contributed by atoms with Gasteiger partial charge in [-0.2, -0.15) is 0 Å². The summed E-state index contributed by atoms with van der Waals surface area (Å²) in [5.41, 5.74) is 0. The predicted molar refractivity (Wildman–Crippen MR) is 58.0 cm³/mol. The first-order chi connectivity index (χ1) is 6.72. The largest absolute Gasteiger partial charge is 0.390 e. The highest BCUT2D eigenvalue weighted by Gasteiger charge is 2.38. The average Bonchev–Trinajstić information content (AvgIpc) is 2.51.